The fraction of sp³-hybridized carbons (Fsp3) is 0.975. The summed E-state index contributed by atoms with van der Waals surface area (Å²) < 4.78 is 137. The molecule has 0 radical (unpaired) electrons. The summed E-state index contributed by atoms with van der Waals surface area (Å²) in [6.45, 7) is 4.81. The van der Waals surface area contributed by atoms with Crippen molar-refractivity contribution in [3.8, 4) is 0 Å². The van der Waals surface area contributed by atoms with Crippen molar-refractivity contribution in [2.24, 2.45) is 0 Å². The highest BCUT2D eigenvalue weighted by molar-refractivity contribution is 7.47. The Morgan fingerprint density at radius 1 is 0.377 bits per heavy atom. The molecule has 2 atom stereocenters. The van der Waals surface area contributed by atoms with Crippen molar-refractivity contribution in [3.63, 3.8) is 0 Å². The Hall–Kier alpha value is -0.990. The molecule has 0 rings (SSSR count). The van der Waals surface area contributed by atoms with Crippen molar-refractivity contribution in [1.82, 2.24) is 5.32 Å². The first-order valence-electron chi connectivity index (χ1n) is 22.5. The van der Waals surface area contributed by atoms with Gasteiger partial charge in [-0.1, -0.05) is 0 Å². The largest absolute Gasteiger partial charge is 0.472 e. The van der Waals surface area contributed by atoms with Gasteiger partial charge in [0.05, 0.1) is 198 Å². The van der Waals surface area contributed by atoms with Gasteiger partial charge in [-0.15, -0.1) is 0 Å². The van der Waals surface area contributed by atoms with Crippen molar-refractivity contribution in [1.29, 1.82) is 0 Å². The second-order valence-corrected chi connectivity index (χ2v) is 16.6. The molecule has 1 amide bonds. The van der Waals surface area contributed by atoms with Crippen LogP contribution in [0.15, 0.2) is 0 Å². The summed E-state index contributed by atoms with van der Waals surface area (Å²) in [5, 5.41) is 2.47. The van der Waals surface area contributed by atoms with Gasteiger partial charge < -0.3 is 95.6 Å². The third kappa shape index (κ3) is 49.0. The number of phosphoric ester groups is 2. The highest BCUT2D eigenvalue weighted by Gasteiger charge is 2.28. The molecule has 0 heterocycles. The average molecular weight is 1060 g/mol. The first-order chi connectivity index (χ1) is 33.5. The van der Waals surface area contributed by atoms with Crippen LogP contribution in [-0.4, -0.2) is 274 Å². The number of carbonyl (C=O) groups excluding carboxylic acids is 1. The van der Waals surface area contributed by atoms with E-state index in [2.05, 4.69) is 5.32 Å². The molecule has 0 saturated heterocycles. The number of hydrogen-bond donors (Lipinski definition) is 3. The van der Waals surface area contributed by atoms with Crippen LogP contribution in [-0.2, 0) is 113 Å². The number of hydrogen-bond acceptors (Lipinski definition) is 24. The number of nitrogens with one attached hydrogen (secondary N) is 1. The molecule has 0 aliphatic heterocycles. The summed E-state index contributed by atoms with van der Waals surface area (Å²) in [6.07, 6.45) is -2.49. The van der Waals surface area contributed by atoms with Crippen molar-refractivity contribution in [2.75, 3.05) is 240 Å². The molecule has 0 aromatic heterocycles. The molecule has 0 aliphatic carbocycles. The Morgan fingerprint density at radius 3 is 0.870 bits per heavy atom. The SMILES string of the molecule is CNC(=O)COC(COCCOCCOP(=O)(O)OC(COCCOCCOC)COCCOCCOC)COCCOCCOP(=O)(O)OC(COCCOCCOC)COCCOCCOC. The van der Waals surface area contributed by atoms with Crippen LogP contribution in [0.1, 0.15) is 0 Å². The van der Waals surface area contributed by atoms with Crippen molar-refractivity contribution < 1.29 is 122 Å². The molecular formula is C40H83NO26P2. The molecule has 69 heavy (non-hydrogen) atoms. The van der Waals surface area contributed by atoms with E-state index in [1.165, 1.54) is 7.05 Å². The van der Waals surface area contributed by atoms with Gasteiger partial charge in [0.2, 0.25) is 5.91 Å². The monoisotopic (exact) mass is 1060 g/mol. The minimum Gasteiger partial charge on any atom is -0.382 e. The lowest BCUT2D eigenvalue weighted by atomic mass is 10.4. The number of amides is 1. The number of ether oxygens (including phenoxy) is 17. The molecule has 0 spiro atoms. The fourth-order valence-corrected chi connectivity index (χ4v) is 6.40. The zero-order valence-corrected chi connectivity index (χ0v) is 43.0. The van der Waals surface area contributed by atoms with Crippen LogP contribution in [0, 0.1) is 0 Å². The number of carbonyl (C=O) groups is 1. The van der Waals surface area contributed by atoms with Crippen LogP contribution >= 0.6 is 15.6 Å². The van der Waals surface area contributed by atoms with E-state index in [1.54, 1.807) is 28.4 Å². The minimum absolute atomic E-state index is 0.0442. The first kappa shape index (κ1) is 68.0. The molecule has 29 heteroatoms. The minimum atomic E-state index is -4.52. The summed E-state index contributed by atoms with van der Waals surface area (Å²) in [4.78, 5) is 32.4. The van der Waals surface area contributed by atoms with Crippen LogP contribution in [0.2, 0.25) is 0 Å². The van der Waals surface area contributed by atoms with E-state index in [0.717, 1.165) is 0 Å². The van der Waals surface area contributed by atoms with Crippen molar-refractivity contribution in [3.05, 3.63) is 0 Å². The fourth-order valence-electron chi connectivity index (χ4n) is 4.67. The second kappa shape index (κ2) is 50.5. The molecule has 0 bridgehead atoms. The number of rotatable bonds is 57. The van der Waals surface area contributed by atoms with Gasteiger partial charge in [-0.3, -0.25) is 22.9 Å². The van der Waals surface area contributed by atoms with E-state index in [-0.39, 0.29) is 131 Å². The molecule has 0 fully saturated rings. The van der Waals surface area contributed by atoms with Crippen molar-refractivity contribution in [2.45, 2.75) is 18.3 Å². The zero-order valence-electron chi connectivity index (χ0n) is 41.2. The summed E-state index contributed by atoms with van der Waals surface area (Å²) in [6, 6.07) is 0. The van der Waals surface area contributed by atoms with Crippen LogP contribution in [0.5, 0.6) is 0 Å². The molecule has 2 unspecified atom stereocenters. The van der Waals surface area contributed by atoms with Gasteiger partial charge in [0.25, 0.3) is 0 Å². The van der Waals surface area contributed by atoms with E-state index < -0.39 is 34.0 Å². The van der Waals surface area contributed by atoms with Crippen LogP contribution in [0.4, 0.5) is 0 Å². The first-order valence-corrected chi connectivity index (χ1v) is 25.5. The van der Waals surface area contributed by atoms with Crippen LogP contribution < -0.4 is 5.32 Å². The Kier molecular flexibility index (Phi) is 49.8. The van der Waals surface area contributed by atoms with E-state index in [0.29, 0.717) is 79.3 Å². The van der Waals surface area contributed by atoms with Crippen molar-refractivity contribution >= 4 is 21.6 Å². The third-order valence-electron chi connectivity index (χ3n) is 8.04. The number of likely N-dealkylation sites (N-methyl/N-ethyl adjacent to an activating group) is 1. The molecule has 0 aromatic rings. The Morgan fingerprint density at radius 2 is 0.609 bits per heavy atom. The molecule has 0 saturated carbocycles. The average Bonchev–Trinajstić information content (AvgIpc) is 3.32. The topological polar surface area (TPSA) is 298 Å². The molecule has 3 N–H and O–H groups in total. The van der Waals surface area contributed by atoms with Gasteiger partial charge in [0.1, 0.15) is 24.9 Å². The van der Waals surface area contributed by atoms with Crippen LogP contribution in [0.25, 0.3) is 0 Å². The summed E-state index contributed by atoms with van der Waals surface area (Å²) >= 11 is 0. The standard InChI is InChI=1S/C40H83NO26P2/c1-41-40(42)36-63-37(30-57-20-18-55-26-28-64-68(43,44)66-38(32-59-22-14-51-10-6-47-2)33-60-23-15-52-11-7-48-3)31-58-21-19-56-27-29-65-69(45,46)67-39(34-61-24-16-53-12-8-49-4)35-62-25-17-54-13-9-50-5/h37-39H,6-36H2,1-5H3,(H,41,42)(H,43,44)(H,45,46). The summed E-state index contributed by atoms with van der Waals surface area (Å²) in [7, 11) is -1.30. The molecule has 0 aromatic carbocycles. The number of methoxy groups -OCH3 is 4. The van der Waals surface area contributed by atoms with E-state index in [1.807, 2.05) is 0 Å². The van der Waals surface area contributed by atoms with Gasteiger partial charge in [-0.2, -0.15) is 0 Å². The van der Waals surface area contributed by atoms with Gasteiger partial charge in [-0.05, 0) is 0 Å². The lowest BCUT2D eigenvalue weighted by Crippen LogP contribution is -2.32. The number of phosphoric acid groups is 2. The Labute approximate surface area is 407 Å². The van der Waals surface area contributed by atoms with E-state index in [9.17, 15) is 23.7 Å². The lowest BCUT2D eigenvalue weighted by molar-refractivity contribution is -0.131. The predicted octanol–water partition coefficient (Wildman–Crippen LogP) is -0.0932. The quantitative estimate of drug-likeness (QED) is 0.0530. The van der Waals surface area contributed by atoms with Gasteiger partial charge in [-0.25, -0.2) is 9.13 Å². The maximum Gasteiger partial charge on any atom is 0.472 e. The second-order valence-electron chi connectivity index (χ2n) is 13.8. The highest BCUT2D eigenvalue weighted by atomic mass is 31.2. The maximum atomic E-state index is 12.7. The van der Waals surface area contributed by atoms with Gasteiger partial charge >= 0.3 is 15.6 Å². The molecule has 0 aliphatic rings. The lowest BCUT2D eigenvalue weighted by Gasteiger charge is -2.21. The zero-order chi connectivity index (χ0) is 50.8. The molecular weight excluding hydrogens is 972 g/mol. The van der Waals surface area contributed by atoms with E-state index >= 15 is 0 Å². The molecule has 27 nitrogen and oxygen atoms in total. The molecule has 414 valence electrons. The van der Waals surface area contributed by atoms with Gasteiger partial charge in [0.15, 0.2) is 0 Å². The van der Waals surface area contributed by atoms with E-state index in [4.69, 9.17) is 98.6 Å². The third-order valence-corrected chi connectivity index (χ3v) is 10.2. The van der Waals surface area contributed by atoms with Gasteiger partial charge in [0, 0.05) is 35.5 Å². The summed E-state index contributed by atoms with van der Waals surface area (Å²) in [5.41, 5.74) is 0. The highest BCUT2D eigenvalue weighted by Crippen LogP contribution is 2.45. The summed E-state index contributed by atoms with van der Waals surface area (Å²) in [5.74, 6) is -0.349. The maximum absolute atomic E-state index is 12.7. The van der Waals surface area contributed by atoms with Crippen LogP contribution in [0.3, 0.4) is 0 Å². The Bertz CT molecular complexity index is 1090. The normalized spacial score (nSPS) is 14.2. The predicted molar refractivity (Wildman–Crippen MR) is 242 cm³/mol. The smallest absolute Gasteiger partial charge is 0.382 e. The Balaban J connectivity index is 4.58.